The molecule has 0 aromatic heterocycles. The molecule has 3 aromatic rings. The van der Waals surface area contributed by atoms with Crippen molar-refractivity contribution in [1.82, 2.24) is 10.2 Å². The number of rotatable bonds is 7. The van der Waals surface area contributed by atoms with E-state index in [4.69, 9.17) is 25.8 Å². The Balaban J connectivity index is 1.80. The van der Waals surface area contributed by atoms with E-state index in [9.17, 15) is 14.3 Å². The highest BCUT2D eigenvalue weighted by Crippen LogP contribution is 2.68. The number of methoxy groups -OCH3 is 2. The molecule has 1 fully saturated rings. The van der Waals surface area contributed by atoms with Crippen LogP contribution in [0.3, 0.4) is 0 Å². The number of halogens is 2. The molecule has 200 valence electrons. The van der Waals surface area contributed by atoms with Crippen LogP contribution >= 0.6 is 11.6 Å². The second-order valence-corrected chi connectivity index (χ2v) is 10.5. The van der Waals surface area contributed by atoms with Gasteiger partial charge in [0.25, 0.3) is 0 Å². The topological polar surface area (TPSA) is 80.3 Å². The lowest BCUT2D eigenvalue weighted by molar-refractivity contribution is -0.133. The summed E-state index contributed by atoms with van der Waals surface area (Å²) in [5, 5.41) is 16.5. The lowest BCUT2D eigenvalue weighted by Gasteiger charge is -2.41. The van der Waals surface area contributed by atoms with E-state index in [0.29, 0.717) is 39.0 Å². The molecule has 0 spiro atoms. The molecule has 4 unspecified atom stereocenters. The van der Waals surface area contributed by atoms with Crippen LogP contribution in [0.25, 0.3) is 0 Å². The van der Waals surface area contributed by atoms with Gasteiger partial charge in [-0.2, -0.15) is 0 Å². The van der Waals surface area contributed by atoms with Crippen LogP contribution < -0.4 is 19.5 Å². The van der Waals surface area contributed by atoms with Gasteiger partial charge in [0.15, 0.2) is 11.2 Å². The minimum atomic E-state index is -1.80. The van der Waals surface area contributed by atoms with E-state index in [2.05, 4.69) is 5.32 Å². The predicted molar refractivity (Wildman–Crippen MR) is 141 cm³/mol. The van der Waals surface area contributed by atoms with E-state index in [1.807, 2.05) is 0 Å². The van der Waals surface area contributed by atoms with Crippen molar-refractivity contribution in [2.75, 3.05) is 34.9 Å². The fourth-order valence-electron chi connectivity index (χ4n) is 6.04. The van der Waals surface area contributed by atoms with Crippen molar-refractivity contribution in [2.45, 2.75) is 29.6 Å². The third-order valence-corrected chi connectivity index (χ3v) is 7.75. The van der Waals surface area contributed by atoms with Gasteiger partial charge in [-0.1, -0.05) is 35.9 Å². The summed E-state index contributed by atoms with van der Waals surface area (Å²) in [5.41, 5.74) is -1.61. The standard InChI is InChI=1S/C29H30ClFN2O5/c1-33(2)16-26(34)32-25-15-22(17-6-5-7-20(31)12-17)29(18-8-10-19(30)11-9-18)28(25,35)27-23(37-4)13-21(36-3)14-24(27)38-29/h5-14,22,25,35H,15-16H2,1-4H3,(H,32,34). The number of aliphatic hydroxyl groups is 1. The summed E-state index contributed by atoms with van der Waals surface area (Å²) in [4.78, 5) is 14.8. The van der Waals surface area contributed by atoms with Crippen LogP contribution in [0.4, 0.5) is 4.39 Å². The first-order chi connectivity index (χ1) is 18.1. The zero-order valence-corrected chi connectivity index (χ0v) is 22.4. The number of carbonyl (C=O) groups excluding carboxylic acids is 1. The summed E-state index contributed by atoms with van der Waals surface area (Å²) in [6.45, 7) is 0.124. The molecule has 0 radical (unpaired) electrons. The van der Waals surface area contributed by atoms with E-state index in [0.717, 1.165) is 0 Å². The van der Waals surface area contributed by atoms with Gasteiger partial charge in [0.2, 0.25) is 5.91 Å². The Morgan fingerprint density at radius 1 is 1.16 bits per heavy atom. The maximum Gasteiger partial charge on any atom is 0.234 e. The summed E-state index contributed by atoms with van der Waals surface area (Å²) in [7, 11) is 6.61. The summed E-state index contributed by atoms with van der Waals surface area (Å²) in [6, 6.07) is 15.8. The van der Waals surface area contributed by atoms with Crippen molar-refractivity contribution in [3.63, 3.8) is 0 Å². The first kappa shape index (κ1) is 26.3. The maximum absolute atomic E-state index is 14.5. The zero-order valence-electron chi connectivity index (χ0n) is 21.6. The van der Waals surface area contributed by atoms with Crippen molar-refractivity contribution in [3.05, 3.63) is 88.2 Å². The summed E-state index contributed by atoms with van der Waals surface area (Å²) in [5.74, 6) is -0.0504. The molecule has 0 bridgehead atoms. The molecule has 38 heavy (non-hydrogen) atoms. The third-order valence-electron chi connectivity index (χ3n) is 7.50. The van der Waals surface area contributed by atoms with E-state index in [-0.39, 0.29) is 18.9 Å². The third kappa shape index (κ3) is 3.99. The van der Waals surface area contributed by atoms with Gasteiger partial charge >= 0.3 is 0 Å². The number of carbonyl (C=O) groups is 1. The molecule has 1 amide bonds. The van der Waals surface area contributed by atoms with Gasteiger partial charge in [0.05, 0.1) is 32.4 Å². The smallest absolute Gasteiger partial charge is 0.234 e. The number of nitrogens with one attached hydrogen (secondary N) is 1. The molecule has 3 aromatic carbocycles. The highest BCUT2D eigenvalue weighted by atomic mass is 35.5. The molecular formula is C29H30ClFN2O5. The fraction of sp³-hybridized carbons (Fsp3) is 0.345. The van der Waals surface area contributed by atoms with Crippen LogP contribution in [-0.2, 0) is 16.0 Å². The molecule has 5 rings (SSSR count). The van der Waals surface area contributed by atoms with E-state index < -0.39 is 29.0 Å². The number of fused-ring (bicyclic) bond motifs is 3. The van der Waals surface area contributed by atoms with Crippen molar-refractivity contribution in [1.29, 1.82) is 0 Å². The molecule has 7 nitrogen and oxygen atoms in total. The molecule has 4 atom stereocenters. The SMILES string of the molecule is COc1cc(OC)c2c(c1)OC1(c3ccc(Cl)cc3)C(c3cccc(F)c3)CC(NC(=O)CN(C)C)C21O. The molecule has 9 heteroatoms. The molecule has 1 aliphatic carbocycles. The number of amides is 1. The van der Waals surface area contributed by atoms with Gasteiger partial charge in [0, 0.05) is 23.1 Å². The van der Waals surface area contributed by atoms with Crippen LogP contribution in [0, 0.1) is 5.82 Å². The minimum absolute atomic E-state index is 0.124. The van der Waals surface area contributed by atoms with Gasteiger partial charge < -0.3 is 29.5 Å². The number of benzene rings is 3. The Bertz CT molecular complexity index is 1370. The Morgan fingerprint density at radius 3 is 2.53 bits per heavy atom. The second kappa shape index (κ2) is 9.76. The first-order valence-corrected chi connectivity index (χ1v) is 12.6. The summed E-state index contributed by atoms with van der Waals surface area (Å²) in [6.07, 6.45) is 0.274. The normalized spacial score (nSPS) is 25.5. The highest BCUT2D eigenvalue weighted by molar-refractivity contribution is 6.30. The predicted octanol–water partition coefficient (Wildman–Crippen LogP) is 4.21. The van der Waals surface area contributed by atoms with Gasteiger partial charge in [-0.25, -0.2) is 4.39 Å². The van der Waals surface area contributed by atoms with Gasteiger partial charge in [-0.05, 0) is 55.9 Å². The van der Waals surface area contributed by atoms with Crippen LogP contribution in [-0.4, -0.2) is 56.8 Å². The Hall–Kier alpha value is -3.33. The van der Waals surface area contributed by atoms with Gasteiger partial charge in [0.1, 0.15) is 23.1 Å². The Labute approximate surface area is 226 Å². The van der Waals surface area contributed by atoms with E-state index in [1.165, 1.54) is 26.4 Å². The Morgan fingerprint density at radius 2 is 1.89 bits per heavy atom. The molecule has 0 saturated heterocycles. The second-order valence-electron chi connectivity index (χ2n) is 10.0. The number of nitrogens with zero attached hydrogens (tertiary/aromatic N) is 1. The fourth-order valence-corrected chi connectivity index (χ4v) is 6.17. The molecular weight excluding hydrogens is 511 g/mol. The number of hydrogen-bond donors (Lipinski definition) is 2. The van der Waals surface area contributed by atoms with Gasteiger partial charge in [-0.15, -0.1) is 0 Å². The quantitative estimate of drug-likeness (QED) is 0.467. The average molecular weight is 541 g/mol. The maximum atomic E-state index is 14.5. The van der Waals surface area contributed by atoms with E-state index >= 15 is 0 Å². The summed E-state index contributed by atoms with van der Waals surface area (Å²) < 4.78 is 32.5. The lowest BCUT2D eigenvalue weighted by Crippen LogP contribution is -2.57. The number of hydrogen-bond acceptors (Lipinski definition) is 6. The molecule has 1 saturated carbocycles. The zero-order chi connectivity index (χ0) is 27.2. The van der Waals surface area contributed by atoms with E-state index in [1.54, 1.807) is 67.5 Å². The number of ether oxygens (including phenoxy) is 3. The van der Waals surface area contributed by atoms with Crippen molar-refractivity contribution >= 4 is 17.5 Å². The lowest BCUT2D eigenvalue weighted by atomic mass is 9.71. The van der Waals surface area contributed by atoms with Crippen LogP contribution in [0.1, 0.15) is 29.0 Å². The highest BCUT2D eigenvalue weighted by Gasteiger charge is 2.74. The monoisotopic (exact) mass is 540 g/mol. The summed E-state index contributed by atoms with van der Waals surface area (Å²) >= 11 is 6.24. The average Bonchev–Trinajstić information content (AvgIpc) is 3.28. The number of likely N-dealkylation sites (N-methyl/N-ethyl adjacent to an activating group) is 1. The van der Waals surface area contributed by atoms with Crippen molar-refractivity contribution in [2.24, 2.45) is 0 Å². The minimum Gasteiger partial charge on any atom is -0.496 e. The van der Waals surface area contributed by atoms with Crippen LogP contribution in [0.15, 0.2) is 60.7 Å². The van der Waals surface area contributed by atoms with Crippen LogP contribution in [0.2, 0.25) is 5.02 Å². The Kier molecular flexibility index (Phi) is 6.75. The van der Waals surface area contributed by atoms with Crippen molar-refractivity contribution in [3.8, 4) is 17.2 Å². The largest absolute Gasteiger partial charge is 0.496 e. The van der Waals surface area contributed by atoms with Crippen molar-refractivity contribution < 1.29 is 28.5 Å². The molecule has 1 aliphatic heterocycles. The first-order valence-electron chi connectivity index (χ1n) is 12.3. The molecule has 2 N–H and O–H groups in total. The molecule has 1 heterocycles. The molecule has 2 aliphatic rings. The van der Waals surface area contributed by atoms with Gasteiger partial charge in [-0.3, -0.25) is 4.79 Å². The van der Waals surface area contributed by atoms with Crippen LogP contribution in [0.5, 0.6) is 17.2 Å².